The number of hydrogen-bond acceptors (Lipinski definition) is 10. The van der Waals surface area contributed by atoms with Crippen molar-refractivity contribution in [2.75, 3.05) is 56.7 Å². The van der Waals surface area contributed by atoms with Gasteiger partial charge in [-0.1, -0.05) is 12.1 Å². The maximum atomic E-state index is 12.0. The monoisotopic (exact) mass is 402 g/mol. The fourth-order valence-corrected chi connectivity index (χ4v) is 3.19. The maximum Gasteiger partial charge on any atom is 0.353 e. The van der Waals surface area contributed by atoms with Crippen LogP contribution in [0.3, 0.4) is 0 Å². The highest BCUT2D eigenvalue weighted by atomic mass is 16.6. The molecular formula is C18H22N6O5. The SMILES string of the molecule is COC(=O)c1ccccc1Nc1ncnc(N2CCN(CCO)CC2)c1[N+](=O)[O-]. The summed E-state index contributed by atoms with van der Waals surface area (Å²) in [5, 5.41) is 23.8. The van der Waals surface area contributed by atoms with Crippen molar-refractivity contribution in [3.05, 3.63) is 46.3 Å². The predicted molar refractivity (Wildman–Crippen MR) is 105 cm³/mol. The second-order valence-corrected chi connectivity index (χ2v) is 6.37. The Morgan fingerprint density at radius 2 is 2.00 bits per heavy atom. The molecule has 0 saturated carbocycles. The molecule has 0 bridgehead atoms. The first-order chi connectivity index (χ1) is 14.0. The topological polar surface area (TPSA) is 134 Å². The number of anilines is 3. The van der Waals surface area contributed by atoms with E-state index in [2.05, 4.69) is 20.2 Å². The molecule has 2 aromatic rings. The number of carbonyl (C=O) groups is 1. The fraction of sp³-hybridized carbons (Fsp3) is 0.389. The molecule has 0 amide bonds. The molecule has 0 radical (unpaired) electrons. The number of methoxy groups -OCH3 is 1. The van der Waals surface area contributed by atoms with Gasteiger partial charge in [0.15, 0.2) is 0 Å². The van der Waals surface area contributed by atoms with E-state index >= 15 is 0 Å². The summed E-state index contributed by atoms with van der Waals surface area (Å²) >= 11 is 0. The zero-order valence-electron chi connectivity index (χ0n) is 15.9. The van der Waals surface area contributed by atoms with E-state index < -0.39 is 10.9 Å². The van der Waals surface area contributed by atoms with Gasteiger partial charge in [-0.05, 0) is 12.1 Å². The summed E-state index contributed by atoms with van der Waals surface area (Å²) in [6.07, 6.45) is 1.26. The summed E-state index contributed by atoms with van der Waals surface area (Å²) in [6, 6.07) is 6.54. The van der Waals surface area contributed by atoms with Crippen molar-refractivity contribution in [3.8, 4) is 0 Å². The number of hydrogen-bond donors (Lipinski definition) is 2. The summed E-state index contributed by atoms with van der Waals surface area (Å²) in [4.78, 5) is 35.4. The standard InChI is InChI=1S/C18H22N6O5/c1-29-18(26)13-4-2-3-5-14(13)21-16-15(24(27)28)17(20-12-19-16)23-8-6-22(7-9-23)10-11-25/h2-5,12,25H,6-11H2,1H3,(H,19,20,21). The third kappa shape index (κ3) is 4.58. The number of β-amino-alcohol motifs (C(OH)–C–C–N with tert-alkyl or cyclic N) is 1. The summed E-state index contributed by atoms with van der Waals surface area (Å²) in [5.74, 6) is -0.356. The average Bonchev–Trinajstić information content (AvgIpc) is 2.74. The molecule has 11 heteroatoms. The summed E-state index contributed by atoms with van der Waals surface area (Å²) < 4.78 is 4.76. The third-order valence-corrected chi connectivity index (χ3v) is 4.66. The number of esters is 1. The lowest BCUT2D eigenvalue weighted by Crippen LogP contribution is -2.47. The van der Waals surface area contributed by atoms with E-state index in [1.165, 1.54) is 13.4 Å². The van der Waals surface area contributed by atoms with Gasteiger partial charge in [-0.15, -0.1) is 0 Å². The molecule has 0 spiro atoms. The molecule has 2 N–H and O–H groups in total. The molecule has 3 rings (SSSR count). The number of aromatic nitrogens is 2. The van der Waals surface area contributed by atoms with Gasteiger partial charge in [0.05, 0.1) is 29.9 Å². The minimum absolute atomic E-state index is 0.00543. The van der Waals surface area contributed by atoms with Crippen molar-refractivity contribution in [2.24, 2.45) is 0 Å². The molecule has 2 heterocycles. The van der Waals surface area contributed by atoms with E-state index in [1.807, 2.05) is 4.90 Å². The molecule has 0 aliphatic carbocycles. The lowest BCUT2D eigenvalue weighted by molar-refractivity contribution is -0.383. The Morgan fingerprint density at radius 1 is 1.28 bits per heavy atom. The summed E-state index contributed by atoms with van der Waals surface area (Å²) in [7, 11) is 1.26. The van der Waals surface area contributed by atoms with Crippen LogP contribution in [0.4, 0.5) is 23.0 Å². The first kappa shape index (κ1) is 20.4. The molecule has 0 atom stereocenters. The normalized spacial score (nSPS) is 14.5. The zero-order valence-corrected chi connectivity index (χ0v) is 15.9. The Bertz CT molecular complexity index is 885. The summed E-state index contributed by atoms with van der Waals surface area (Å²) in [5.41, 5.74) is 0.324. The molecule has 1 aromatic heterocycles. The van der Waals surface area contributed by atoms with Crippen LogP contribution in [0.5, 0.6) is 0 Å². The van der Waals surface area contributed by atoms with Crippen LogP contribution in [0.25, 0.3) is 0 Å². The zero-order chi connectivity index (χ0) is 20.8. The Kier molecular flexibility index (Phi) is 6.52. The van der Waals surface area contributed by atoms with E-state index in [1.54, 1.807) is 24.3 Å². The number of rotatable bonds is 7. The van der Waals surface area contributed by atoms with Gasteiger partial charge in [0.25, 0.3) is 0 Å². The number of nitrogens with one attached hydrogen (secondary N) is 1. The average molecular weight is 402 g/mol. The second kappa shape index (κ2) is 9.26. The van der Waals surface area contributed by atoms with Gasteiger partial charge in [-0.25, -0.2) is 14.8 Å². The van der Waals surface area contributed by atoms with Crippen LogP contribution in [0.15, 0.2) is 30.6 Å². The van der Waals surface area contributed by atoms with E-state index in [-0.39, 0.29) is 29.5 Å². The Balaban J connectivity index is 1.91. The second-order valence-electron chi connectivity index (χ2n) is 6.37. The van der Waals surface area contributed by atoms with Crippen LogP contribution < -0.4 is 10.2 Å². The van der Waals surface area contributed by atoms with Crippen molar-refractivity contribution in [1.82, 2.24) is 14.9 Å². The van der Waals surface area contributed by atoms with Crippen molar-refractivity contribution >= 4 is 29.0 Å². The number of nitrogens with zero attached hydrogens (tertiary/aromatic N) is 5. The van der Waals surface area contributed by atoms with Gasteiger partial charge < -0.3 is 20.1 Å². The molecule has 1 saturated heterocycles. The van der Waals surface area contributed by atoms with Gasteiger partial charge in [-0.3, -0.25) is 15.0 Å². The Hall–Kier alpha value is -3.31. The first-order valence-corrected chi connectivity index (χ1v) is 9.07. The minimum Gasteiger partial charge on any atom is -0.465 e. The molecule has 29 heavy (non-hydrogen) atoms. The van der Waals surface area contributed by atoms with Gasteiger partial charge in [0.2, 0.25) is 11.6 Å². The van der Waals surface area contributed by atoms with Crippen molar-refractivity contribution < 1.29 is 19.6 Å². The fourth-order valence-electron chi connectivity index (χ4n) is 3.19. The van der Waals surface area contributed by atoms with Crippen molar-refractivity contribution in [1.29, 1.82) is 0 Å². The van der Waals surface area contributed by atoms with Gasteiger partial charge in [0, 0.05) is 32.7 Å². The molecular weight excluding hydrogens is 380 g/mol. The van der Waals surface area contributed by atoms with Crippen LogP contribution in [0.2, 0.25) is 0 Å². The number of benzene rings is 1. The maximum absolute atomic E-state index is 12.0. The Morgan fingerprint density at radius 3 is 2.66 bits per heavy atom. The third-order valence-electron chi connectivity index (χ3n) is 4.66. The predicted octanol–water partition coefficient (Wildman–Crippen LogP) is 1.03. The van der Waals surface area contributed by atoms with E-state index in [0.717, 1.165) is 0 Å². The lowest BCUT2D eigenvalue weighted by Gasteiger charge is -2.34. The number of nitro groups is 1. The lowest BCUT2D eigenvalue weighted by atomic mass is 10.1. The highest BCUT2D eigenvalue weighted by molar-refractivity contribution is 5.96. The molecule has 0 unspecified atom stereocenters. The van der Waals surface area contributed by atoms with Gasteiger partial charge >= 0.3 is 11.7 Å². The number of ether oxygens (including phenoxy) is 1. The number of piperazine rings is 1. The molecule has 1 aliphatic rings. The number of aliphatic hydroxyl groups excluding tert-OH is 1. The number of carbonyl (C=O) groups excluding carboxylic acids is 1. The van der Waals surface area contributed by atoms with Crippen LogP contribution in [0, 0.1) is 10.1 Å². The molecule has 11 nitrogen and oxygen atoms in total. The van der Waals surface area contributed by atoms with Crippen molar-refractivity contribution in [2.45, 2.75) is 0 Å². The van der Waals surface area contributed by atoms with E-state index in [9.17, 15) is 14.9 Å². The molecule has 1 fully saturated rings. The smallest absolute Gasteiger partial charge is 0.353 e. The van der Waals surface area contributed by atoms with E-state index in [0.29, 0.717) is 38.4 Å². The minimum atomic E-state index is -0.565. The van der Waals surface area contributed by atoms with Crippen LogP contribution in [0.1, 0.15) is 10.4 Å². The van der Waals surface area contributed by atoms with Crippen LogP contribution in [-0.4, -0.2) is 77.3 Å². The highest BCUT2D eigenvalue weighted by Gasteiger charge is 2.29. The van der Waals surface area contributed by atoms with Crippen LogP contribution >= 0.6 is 0 Å². The molecule has 154 valence electrons. The van der Waals surface area contributed by atoms with Crippen molar-refractivity contribution in [3.63, 3.8) is 0 Å². The van der Waals surface area contributed by atoms with Gasteiger partial charge in [0.1, 0.15) is 6.33 Å². The number of aliphatic hydroxyl groups is 1. The van der Waals surface area contributed by atoms with Crippen LogP contribution in [-0.2, 0) is 4.74 Å². The first-order valence-electron chi connectivity index (χ1n) is 9.07. The number of para-hydroxylation sites is 1. The quantitative estimate of drug-likeness (QED) is 0.393. The molecule has 1 aliphatic heterocycles. The highest BCUT2D eigenvalue weighted by Crippen LogP contribution is 2.34. The van der Waals surface area contributed by atoms with Gasteiger partial charge in [-0.2, -0.15) is 0 Å². The molecule has 1 aromatic carbocycles. The van der Waals surface area contributed by atoms with E-state index in [4.69, 9.17) is 9.84 Å². The summed E-state index contributed by atoms with van der Waals surface area (Å²) in [6.45, 7) is 3.04. The largest absolute Gasteiger partial charge is 0.465 e. The Labute approximate surface area is 167 Å².